The number of amides is 1. The summed E-state index contributed by atoms with van der Waals surface area (Å²) in [6.07, 6.45) is 4.16. The number of nitrogens with one attached hydrogen (secondary N) is 1. The van der Waals surface area contributed by atoms with Crippen LogP contribution in [0.15, 0.2) is 71.7 Å². The molecule has 170 valence electrons. The van der Waals surface area contributed by atoms with E-state index in [-0.39, 0.29) is 17.5 Å². The molecule has 0 aliphatic carbocycles. The molecule has 0 unspecified atom stereocenters. The number of hydrogen-bond donors (Lipinski definition) is 1. The van der Waals surface area contributed by atoms with E-state index < -0.39 is 0 Å². The van der Waals surface area contributed by atoms with Gasteiger partial charge in [-0.3, -0.25) is 9.59 Å². The van der Waals surface area contributed by atoms with Crippen molar-refractivity contribution in [3.63, 3.8) is 0 Å². The molecule has 33 heavy (non-hydrogen) atoms. The number of benzene rings is 2. The van der Waals surface area contributed by atoms with Crippen LogP contribution >= 0.6 is 0 Å². The normalized spacial score (nSPS) is 12.1. The quantitative estimate of drug-likeness (QED) is 0.409. The highest BCUT2D eigenvalue weighted by Gasteiger charge is 2.25. The van der Waals surface area contributed by atoms with Crippen LogP contribution in [0.4, 0.5) is 0 Å². The van der Waals surface area contributed by atoms with Crippen molar-refractivity contribution in [1.29, 1.82) is 0 Å². The first-order chi connectivity index (χ1) is 16.0. The van der Waals surface area contributed by atoms with Gasteiger partial charge in [0, 0.05) is 23.3 Å². The SMILES string of the molecule is CC[C@H](C(=O)NCCCc1ccccc1)n1c(C)c2cnn(-c3ccccc3)c(=O)c2c1C. The number of carbonyl (C=O) groups excluding carboxylic acids is 1. The Bertz CT molecular complexity index is 1310. The van der Waals surface area contributed by atoms with E-state index in [1.165, 1.54) is 10.2 Å². The molecule has 2 aromatic heterocycles. The minimum absolute atomic E-state index is 0.0200. The molecular formula is C27H30N4O2. The second-order valence-electron chi connectivity index (χ2n) is 8.33. The Balaban J connectivity index is 1.58. The molecule has 0 aliphatic heterocycles. The van der Waals surface area contributed by atoms with E-state index in [9.17, 15) is 9.59 Å². The molecule has 6 nitrogen and oxygen atoms in total. The highest BCUT2D eigenvalue weighted by Crippen LogP contribution is 2.28. The van der Waals surface area contributed by atoms with Gasteiger partial charge in [-0.1, -0.05) is 55.5 Å². The number of aromatic nitrogens is 3. The van der Waals surface area contributed by atoms with Gasteiger partial charge < -0.3 is 9.88 Å². The highest BCUT2D eigenvalue weighted by atomic mass is 16.2. The van der Waals surface area contributed by atoms with Crippen LogP contribution in [-0.4, -0.2) is 26.8 Å². The second kappa shape index (κ2) is 9.86. The lowest BCUT2D eigenvalue weighted by Gasteiger charge is -2.20. The summed E-state index contributed by atoms with van der Waals surface area (Å²) < 4.78 is 3.42. The van der Waals surface area contributed by atoms with Crippen LogP contribution in [0.2, 0.25) is 0 Å². The second-order valence-corrected chi connectivity index (χ2v) is 8.33. The average molecular weight is 443 g/mol. The topological polar surface area (TPSA) is 68.9 Å². The van der Waals surface area contributed by atoms with Gasteiger partial charge in [-0.25, -0.2) is 0 Å². The lowest BCUT2D eigenvalue weighted by molar-refractivity contribution is -0.124. The van der Waals surface area contributed by atoms with Gasteiger partial charge in [-0.2, -0.15) is 9.78 Å². The van der Waals surface area contributed by atoms with E-state index in [2.05, 4.69) is 22.5 Å². The molecule has 1 atom stereocenters. The summed E-state index contributed by atoms with van der Waals surface area (Å²) >= 11 is 0. The van der Waals surface area contributed by atoms with E-state index in [1.54, 1.807) is 6.20 Å². The van der Waals surface area contributed by atoms with Gasteiger partial charge in [-0.15, -0.1) is 0 Å². The van der Waals surface area contributed by atoms with Gasteiger partial charge in [-0.05, 0) is 50.8 Å². The zero-order chi connectivity index (χ0) is 23.4. The molecule has 1 N–H and O–H groups in total. The Morgan fingerprint density at radius 1 is 1.00 bits per heavy atom. The first-order valence-electron chi connectivity index (χ1n) is 11.5. The third kappa shape index (κ3) is 4.46. The molecule has 6 heteroatoms. The number of fused-ring (bicyclic) bond motifs is 1. The van der Waals surface area contributed by atoms with E-state index >= 15 is 0 Å². The zero-order valence-corrected chi connectivity index (χ0v) is 19.4. The minimum atomic E-state index is -0.376. The van der Waals surface area contributed by atoms with Crippen LogP contribution in [0, 0.1) is 13.8 Å². The number of rotatable bonds is 8. The maximum absolute atomic E-state index is 13.3. The minimum Gasteiger partial charge on any atom is -0.354 e. The summed E-state index contributed by atoms with van der Waals surface area (Å²) in [6.45, 7) is 6.48. The predicted octanol–water partition coefficient (Wildman–Crippen LogP) is 4.50. The standard InChI is InChI=1S/C27H30N4O2/c1-4-24(26(32)28-17-11-14-21-12-7-5-8-13-21)30-19(2)23-18-29-31(22-15-9-6-10-16-22)27(33)25(23)20(30)3/h5-10,12-13,15-16,18,24H,4,11,14,17H2,1-3H3,(H,28,32)/t24-/m1/s1. The average Bonchev–Trinajstić information content (AvgIpc) is 3.09. The Morgan fingerprint density at radius 2 is 1.67 bits per heavy atom. The molecule has 0 saturated heterocycles. The van der Waals surface area contributed by atoms with Crippen molar-refractivity contribution >= 4 is 16.7 Å². The van der Waals surface area contributed by atoms with Crippen LogP contribution < -0.4 is 10.9 Å². The summed E-state index contributed by atoms with van der Waals surface area (Å²) in [5.41, 5.74) is 3.50. The summed E-state index contributed by atoms with van der Waals surface area (Å²) in [5, 5.41) is 8.90. The fraction of sp³-hybridized carbons (Fsp3) is 0.296. The lowest BCUT2D eigenvalue weighted by Crippen LogP contribution is -2.34. The number of para-hydroxylation sites is 1. The van der Waals surface area contributed by atoms with Crippen LogP contribution in [0.3, 0.4) is 0 Å². The van der Waals surface area contributed by atoms with Crippen molar-refractivity contribution in [2.24, 2.45) is 0 Å². The molecule has 4 aromatic rings. The summed E-state index contributed by atoms with van der Waals surface area (Å²) in [6, 6.07) is 19.3. The largest absolute Gasteiger partial charge is 0.354 e. The monoisotopic (exact) mass is 442 g/mol. The summed E-state index contributed by atoms with van der Waals surface area (Å²) in [7, 11) is 0. The molecule has 2 aromatic carbocycles. The third-order valence-corrected chi connectivity index (χ3v) is 6.24. The van der Waals surface area contributed by atoms with Crippen molar-refractivity contribution < 1.29 is 4.79 Å². The lowest BCUT2D eigenvalue weighted by atomic mass is 10.1. The summed E-state index contributed by atoms with van der Waals surface area (Å²) in [4.78, 5) is 26.4. The van der Waals surface area contributed by atoms with Crippen molar-refractivity contribution in [2.45, 2.75) is 46.1 Å². The van der Waals surface area contributed by atoms with Crippen molar-refractivity contribution in [1.82, 2.24) is 19.7 Å². The van der Waals surface area contributed by atoms with Crippen LogP contribution in [0.1, 0.15) is 42.8 Å². The van der Waals surface area contributed by atoms with Crippen molar-refractivity contribution in [3.8, 4) is 5.69 Å². The predicted molar refractivity (Wildman–Crippen MR) is 132 cm³/mol. The number of aryl methyl sites for hydroxylation is 3. The molecule has 0 bridgehead atoms. The molecule has 2 heterocycles. The Kier molecular flexibility index (Phi) is 6.73. The fourth-order valence-corrected chi connectivity index (χ4v) is 4.55. The van der Waals surface area contributed by atoms with Gasteiger partial charge in [0.2, 0.25) is 5.91 Å². The fourth-order valence-electron chi connectivity index (χ4n) is 4.55. The van der Waals surface area contributed by atoms with Gasteiger partial charge in [0.1, 0.15) is 6.04 Å². The van der Waals surface area contributed by atoms with Gasteiger partial charge in [0.15, 0.2) is 0 Å². The maximum atomic E-state index is 13.3. The molecule has 0 saturated carbocycles. The number of nitrogens with zero attached hydrogens (tertiary/aromatic N) is 3. The Morgan fingerprint density at radius 3 is 2.33 bits per heavy atom. The molecule has 0 radical (unpaired) electrons. The Labute approximate surface area is 193 Å². The third-order valence-electron chi connectivity index (χ3n) is 6.24. The van der Waals surface area contributed by atoms with E-state index in [4.69, 9.17) is 0 Å². The van der Waals surface area contributed by atoms with Crippen molar-refractivity contribution in [2.75, 3.05) is 6.54 Å². The number of hydrogen-bond acceptors (Lipinski definition) is 3. The number of carbonyl (C=O) groups is 1. The first-order valence-corrected chi connectivity index (χ1v) is 11.5. The zero-order valence-electron chi connectivity index (χ0n) is 19.4. The van der Waals surface area contributed by atoms with Gasteiger partial charge >= 0.3 is 0 Å². The molecule has 0 fully saturated rings. The van der Waals surface area contributed by atoms with E-state index in [0.29, 0.717) is 18.4 Å². The van der Waals surface area contributed by atoms with E-state index in [1.807, 2.05) is 73.9 Å². The van der Waals surface area contributed by atoms with Crippen LogP contribution in [0.5, 0.6) is 0 Å². The van der Waals surface area contributed by atoms with Gasteiger partial charge in [0.25, 0.3) is 5.56 Å². The molecule has 1 amide bonds. The smallest absolute Gasteiger partial charge is 0.281 e. The first kappa shape index (κ1) is 22.5. The Hall–Kier alpha value is -3.67. The van der Waals surface area contributed by atoms with Crippen LogP contribution in [0.25, 0.3) is 16.5 Å². The van der Waals surface area contributed by atoms with E-state index in [0.717, 1.165) is 35.3 Å². The molecule has 0 spiro atoms. The molecule has 0 aliphatic rings. The molecule has 4 rings (SSSR count). The summed E-state index contributed by atoms with van der Waals surface area (Å²) in [5.74, 6) is -0.0200. The van der Waals surface area contributed by atoms with Crippen molar-refractivity contribution in [3.05, 3.63) is 94.2 Å². The maximum Gasteiger partial charge on any atom is 0.281 e. The van der Waals surface area contributed by atoms with Gasteiger partial charge in [0.05, 0.1) is 17.3 Å². The molecular weight excluding hydrogens is 412 g/mol. The highest BCUT2D eigenvalue weighted by molar-refractivity contribution is 5.89. The van der Waals surface area contributed by atoms with Crippen LogP contribution in [-0.2, 0) is 11.2 Å².